The molecule has 2 heterocycles. The number of rotatable bonds is 20. The van der Waals surface area contributed by atoms with Crippen molar-refractivity contribution in [1.82, 2.24) is 36.4 Å². The molecule has 3 aromatic carbocycles. The Kier molecular flexibility index (Phi) is 30.1. The first-order chi connectivity index (χ1) is 42.0. The molecule has 0 unspecified atom stereocenters. The highest BCUT2D eigenvalue weighted by Gasteiger charge is 2.48. The van der Waals surface area contributed by atoms with E-state index in [0.29, 0.717) is 25.9 Å². The Hall–Kier alpha value is -6.68. The van der Waals surface area contributed by atoms with Crippen molar-refractivity contribution >= 4 is 71.1 Å². The minimum absolute atomic E-state index is 0.143. The van der Waals surface area contributed by atoms with Gasteiger partial charge in [0.05, 0.1) is 30.8 Å². The number of alkyl halides is 2. The minimum Gasteiger partial charge on any atom is -0.480 e. The molecule has 0 radical (unpaired) electrons. The summed E-state index contributed by atoms with van der Waals surface area (Å²) in [6.45, 7) is 33.5. The summed E-state index contributed by atoms with van der Waals surface area (Å²) < 4.78 is 28.8. The first-order valence-electron chi connectivity index (χ1n) is 30.9. The molecule has 7 atom stereocenters. The summed E-state index contributed by atoms with van der Waals surface area (Å²) in [5.74, 6) is -2.46. The third-order valence-corrected chi connectivity index (χ3v) is 14.1. The Morgan fingerprint density at radius 3 is 1.01 bits per heavy atom. The summed E-state index contributed by atoms with van der Waals surface area (Å²) >= 11 is 9.53. The Balaban J connectivity index is 0.000000982. The summed E-state index contributed by atoms with van der Waals surface area (Å²) in [5, 5.41) is 23.1. The molecule has 2 aliphatic rings. The van der Waals surface area contributed by atoms with Crippen LogP contribution < -0.4 is 26.6 Å². The molecular weight excluding hydrogens is 1210 g/mol. The number of likely N-dealkylation sites (tertiary alicyclic amines) is 2. The molecule has 0 aromatic heterocycles. The number of alkyl carbamates (subject to hydrolysis) is 3. The second kappa shape index (κ2) is 34.8. The number of carboxylic acids is 1. The number of benzene rings is 3. The van der Waals surface area contributed by atoms with Gasteiger partial charge in [-0.15, -0.1) is 23.2 Å². The zero-order valence-corrected chi connectivity index (χ0v) is 58.3. The molecule has 23 heteroatoms. The predicted octanol–water partition coefficient (Wildman–Crippen LogP) is 10.7. The molecule has 7 amide bonds. The molecule has 0 saturated carbocycles. The fourth-order valence-electron chi connectivity index (χ4n) is 9.72. The van der Waals surface area contributed by atoms with E-state index in [0.717, 1.165) is 22.3 Å². The number of amides is 7. The van der Waals surface area contributed by atoms with Crippen molar-refractivity contribution in [3.63, 3.8) is 0 Å². The van der Waals surface area contributed by atoms with Crippen molar-refractivity contribution in [2.45, 2.75) is 223 Å². The topological polar surface area (TPSA) is 270 Å². The maximum absolute atomic E-state index is 14.4. The average molecular weight is 1310 g/mol. The maximum Gasteiger partial charge on any atom is 0.408 e. The van der Waals surface area contributed by atoms with Gasteiger partial charge >= 0.3 is 24.2 Å². The third kappa shape index (κ3) is 28.8. The summed E-state index contributed by atoms with van der Waals surface area (Å²) in [4.78, 5) is 108. The van der Waals surface area contributed by atoms with E-state index in [2.05, 4.69) is 26.6 Å². The quantitative estimate of drug-likeness (QED) is 0.0454. The monoisotopic (exact) mass is 1310 g/mol. The van der Waals surface area contributed by atoms with Crippen LogP contribution in [0, 0.1) is 16.2 Å². The van der Waals surface area contributed by atoms with Crippen LogP contribution in [0.2, 0.25) is 0 Å². The van der Waals surface area contributed by atoms with Gasteiger partial charge < -0.3 is 65.2 Å². The molecule has 21 nitrogen and oxygen atoms in total. The number of halogens is 2. The summed E-state index contributed by atoms with van der Waals surface area (Å²) in [6.07, 6.45) is -1.33. The zero-order chi connectivity index (χ0) is 68.9. The number of carboxylic acid groups (broad SMARTS) is 1. The lowest BCUT2D eigenvalue weighted by atomic mass is 9.85. The van der Waals surface area contributed by atoms with Crippen LogP contribution in [0.1, 0.15) is 160 Å². The number of carbonyl (C=O) groups excluding carboxylic acids is 7. The van der Waals surface area contributed by atoms with Crippen molar-refractivity contribution in [2.24, 2.45) is 16.2 Å². The molecule has 508 valence electrons. The molecular formula is C68H103Cl2N7O14. The number of carbonyl (C=O) groups is 8. The van der Waals surface area contributed by atoms with Gasteiger partial charge in [0.1, 0.15) is 47.0 Å². The van der Waals surface area contributed by atoms with Gasteiger partial charge in [0.25, 0.3) is 0 Å². The number of nitrogens with one attached hydrogen (secondary N) is 5. The average Bonchev–Trinajstić information content (AvgIpc) is 1.74. The Labute approximate surface area is 549 Å². The third-order valence-electron chi connectivity index (χ3n) is 14.1. The normalized spacial score (nSPS) is 17.9. The number of nitrogens with zero attached hydrogens (tertiary/aromatic N) is 2. The number of aliphatic carboxylic acids is 1. The van der Waals surface area contributed by atoms with Crippen LogP contribution in [-0.4, -0.2) is 154 Å². The molecule has 5 rings (SSSR count). The van der Waals surface area contributed by atoms with Crippen LogP contribution in [0.15, 0.2) is 84.9 Å². The van der Waals surface area contributed by atoms with Gasteiger partial charge in [0.2, 0.25) is 23.6 Å². The van der Waals surface area contributed by atoms with Crippen molar-refractivity contribution < 1.29 is 67.1 Å². The van der Waals surface area contributed by atoms with Gasteiger partial charge in [-0.05, 0) is 114 Å². The van der Waals surface area contributed by atoms with E-state index in [1.54, 1.807) is 83.1 Å². The number of ether oxygens (including phenoxy) is 5. The fraction of sp³-hybridized carbons (Fsp3) is 0.618. The van der Waals surface area contributed by atoms with Gasteiger partial charge in [-0.2, -0.15) is 0 Å². The van der Waals surface area contributed by atoms with Crippen molar-refractivity contribution in [3.05, 3.63) is 107 Å². The SMILES string of the molecule is CC(C)(C)OC(=O)N[C@H](C(=O)N1C[C@@H](OCc2ccc(CO[C@H]3C[C@@H](C(=O)NCCc4ccccc4)N(C(=O)[C@@H](NC(=O)OC(C)(C)C)C(C)(C)C)C3)cc2)C[C@H]1C(=O)NCCc1ccccc1)C(C)(C)C.CC(C)(C)OC(=O)N[C@H](C(=O)O)C(C)(C)C.ClCCl. The molecule has 2 aliphatic heterocycles. The molecule has 0 bridgehead atoms. The second-order valence-electron chi connectivity index (χ2n) is 29.0. The zero-order valence-electron chi connectivity index (χ0n) is 56.8. The highest BCUT2D eigenvalue weighted by Crippen LogP contribution is 2.31. The molecule has 0 spiro atoms. The van der Waals surface area contributed by atoms with Crippen molar-refractivity contribution in [1.29, 1.82) is 0 Å². The largest absolute Gasteiger partial charge is 0.480 e. The van der Waals surface area contributed by atoms with E-state index >= 15 is 0 Å². The van der Waals surface area contributed by atoms with Crippen LogP contribution in [0.25, 0.3) is 0 Å². The fourth-order valence-corrected chi connectivity index (χ4v) is 9.72. The Morgan fingerprint density at radius 2 is 0.747 bits per heavy atom. The van der Waals surface area contributed by atoms with E-state index in [1.165, 1.54) is 9.80 Å². The second-order valence-corrected chi connectivity index (χ2v) is 29.8. The van der Waals surface area contributed by atoms with Gasteiger partial charge in [0.15, 0.2) is 0 Å². The molecule has 91 heavy (non-hydrogen) atoms. The van der Waals surface area contributed by atoms with Crippen molar-refractivity contribution in [2.75, 3.05) is 31.5 Å². The van der Waals surface area contributed by atoms with E-state index in [9.17, 15) is 38.4 Å². The molecule has 6 N–H and O–H groups in total. The van der Waals surface area contributed by atoms with Crippen molar-refractivity contribution in [3.8, 4) is 0 Å². The predicted molar refractivity (Wildman–Crippen MR) is 352 cm³/mol. The Bertz CT molecular complexity index is 2660. The maximum atomic E-state index is 14.4. The van der Waals surface area contributed by atoms with Crippen LogP contribution in [0.3, 0.4) is 0 Å². The highest BCUT2D eigenvalue weighted by atomic mass is 35.5. The Morgan fingerprint density at radius 1 is 0.462 bits per heavy atom. The highest BCUT2D eigenvalue weighted by molar-refractivity contribution is 6.40. The lowest BCUT2D eigenvalue weighted by Gasteiger charge is -2.35. The minimum atomic E-state index is -1.07. The van der Waals surface area contributed by atoms with Crippen LogP contribution in [0.5, 0.6) is 0 Å². The number of hydrogen-bond acceptors (Lipinski definition) is 13. The van der Waals surface area contributed by atoms with Crippen LogP contribution in [-0.2, 0) is 73.7 Å². The van der Waals surface area contributed by atoms with E-state index in [4.69, 9.17) is 52.0 Å². The van der Waals surface area contributed by atoms with Crippen LogP contribution >= 0.6 is 23.2 Å². The van der Waals surface area contributed by atoms with E-state index in [1.807, 2.05) is 126 Å². The molecule has 2 fully saturated rings. The van der Waals surface area contributed by atoms with Crippen LogP contribution in [0.4, 0.5) is 14.4 Å². The molecule has 3 aromatic rings. The molecule has 2 saturated heterocycles. The first kappa shape index (κ1) is 78.6. The number of hydrogen-bond donors (Lipinski definition) is 6. The van der Waals surface area contributed by atoms with Gasteiger partial charge in [-0.3, -0.25) is 19.2 Å². The lowest BCUT2D eigenvalue weighted by Crippen LogP contribution is -2.58. The van der Waals surface area contributed by atoms with E-state index < -0.39 is 112 Å². The van der Waals surface area contributed by atoms with Gasteiger partial charge in [-0.25, -0.2) is 19.2 Å². The lowest BCUT2D eigenvalue weighted by molar-refractivity contribution is -0.142. The van der Waals surface area contributed by atoms with E-state index in [-0.39, 0.29) is 56.3 Å². The van der Waals surface area contributed by atoms with Gasteiger partial charge in [0, 0.05) is 39.0 Å². The summed E-state index contributed by atoms with van der Waals surface area (Å²) in [6, 6.07) is 22.8. The summed E-state index contributed by atoms with van der Waals surface area (Å²) in [5.41, 5.74) is -0.301. The smallest absolute Gasteiger partial charge is 0.408 e. The standard InChI is InChI=1S/C56H80N6O10.C11H21NO4.CH2Cl2/c1-53(2,3)45(59-51(67)71-55(7,8)9)49(65)61-33-41(31-43(61)47(63)57-29-27-37-19-15-13-16-20-37)69-35-39-23-25-40(26-24-39)36-70-42-32-44(48(64)58-30-28-38-21-17-14-18-22-38)62(34-42)50(66)46(54(4,5)6)60-52(68)72-56(10,11)12;1-10(2,3)7(8(13)14)12-9(15)16-11(4,5)6;2-1-3/h13-26,41-46H,27-36H2,1-12H3,(H,57,63)(H,58,64)(H,59,67)(H,60,68);7H,1-6H3,(H,12,15)(H,13,14);1H2/t41-,42-,43-,44-,45+,46+;7-;/m01./s1. The molecule has 0 aliphatic carbocycles. The van der Waals surface area contributed by atoms with Gasteiger partial charge in [-0.1, -0.05) is 147 Å². The first-order valence-corrected chi connectivity index (χ1v) is 32.0. The summed E-state index contributed by atoms with van der Waals surface area (Å²) in [7, 11) is 0.